The molecule has 1 amide bonds. The number of carbonyl (C=O) groups excluding carboxylic acids is 1. The third-order valence-corrected chi connectivity index (χ3v) is 3.79. The van der Waals surface area contributed by atoms with Gasteiger partial charge in [-0.25, -0.2) is 4.68 Å². The molecule has 0 saturated heterocycles. The van der Waals surface area contributed by atoms with Gasteiger partial charge in [-0.15, -0.1) is 5.10 Å². The van der Waals surface area contributed by atoms with Crippen LogP contribution in [0.4, 0.5) is 0 Å². The zero-order chi connectivity index (χ0) is 15.5. The van der Waals surface area contributed by atoms with Crippen molar-refractivity contribution in [1.82, 2.24) is 20.3 Å². The van der Waals surface area contributed by atoms with E-state index in [0.717, 1.165) is 11.4 Å². The van der Waals surface area contributed by atoms with Crippen LogP contribution in [0.5, 0.6) is 0 Å². The van der Waals surface area contributed by atoms with E-state index in [9.17, 15) is 4.79 Å². The van der Waals surface area contributed by atoms with Crippen LogP contribution in [0.3, 0.4) is 0 Å². The van der Waals surface area contributed by atoms with Crippen molar-refractivity contribution < 1.29 is 4.79 Å². The summed E-state index contributed by atoms with van der Waals surface area (Å²) in [6.45, 7) is 4.10. The zero-order valence-corrected chi connectivity index (χ0v) is 12.8. The van der Waals surface area contributed by atoms with Crippen molar-refractivity contribution >= 4 is 17.5 Å². The minimum Gasteiger partial charge on any atom is -0.368 e. The Labute approximate surface area is 128 Å². The van der Waals surface area contributed by atoms with Crippen LogP contribution in [0.2, 0.25) is 5.02 Å². The lowest BCUT2D eigenvalue weighted by molar-refractivity contribution is -0.124. The summed E-state index contributed by atoms with van der Waals surface area (Å²) in [7, 11) is 0. The van der Waals surface area contributed by atoms with Crippen LogP contribution in [0.1, 0.15) is 26.0 Å². The second-order valence-electron chi connectivity index (χ2n) is 5.03. The minimum absolute atomic E-state index is 0.380. The first-order valence-electron chi connectivity index (χ1n) is 6.67. The lowest BCUT2D eigenvalue weighted by Crippen LogP contribution is -2.52. The molecule has 112 valence electrons. The lowest BCUT2D eigenvalue weighted by atomic mass is 9.98. The number of hydrogen-bond acceptors (Lipinski definition) is 4. The number of carbonyl (C=O) groups is 1. The van der Waals surface area contributed by atoms with Crippen molar-refractivity contribution in [1.29, 1.82) is 0 Å². The number of amides is 1. The predicted molar refractivity (Wildman–Crippen MR) is 81.1 cm³/mol. The van der Waals surface area contributed by atoms with Crippen molar-refractivity contribution in [3.05, 3.63) is 41.2 Å². The molecule has 0 radical (unpaired) electrons. The summed E-state index contributed by atoms with van der Waals surface area (Å²) in [5, 5.41) is 11.9. The average Bonchev–Trinajstić information content (AvgIpc) is 2.94. The van der Waals surface area contributed by atoms with Crippen molar-refractivity contribution in [3.63, 3.8) is 0 Å². The number of rotatable bonds is 6. The van der Waals surface area contributed by atoms with Gasteiger partial charge in [0, 0.05) is 11.6 Å². The third kappa shape index (κ3) is 3.59. The Morgan fingerprint density at radius 2 is 2.10 bits per heavy atom. The van der Waals surface area contributed by atoms with Gasteiger partial charge in [-0.2, -0.15) is 0 Å². The van der Waals surface area contributed by atoms with E-state index in [0.29, 0.717) is 18.0 Å². The Kier molecular flexibility index (Phi) is 4.59. The summed E-state index contributed by atoms with van der Waals surface area (Å²) >= 11 is 5.85. The topological polar surface area (TPSA) is 85.8 Å². The third-order valence-electron chi connectivity index (χ3n) is 3.54. The van der Waals surface area contributed by atoms with E-state index in [2.05, 4.69) is 15.6 Å². The van der Waals surface area contributed by atoms with Gasteiger partial charge < -0.3 is 5.73 Å². The van der Waals surface area contributed by atoms with Crippen molar-refractivity contribution in [2.75, 3.05) is 0 Å². The Hall–Kier alpha value is -1.92. The first kappa shape index (κ1) is 15.5. The van der Waals surface area contributed by atoms with Crippen molar-refractivity contribution in [3.8, 4) is 5.69 Å². The maximum atomic E-state index is 11.4. The molecule has 0 unspecified atom stereocenters. The van der Waals surface area contributed by atoms with E-state index in [1.165, 1.54) is 0 Å². The summed E-state index contributed by atoms with van der Waals surface area (Å²) in [6.07, 6.45) is 2.40. The minimum atomic E-state index is -0.746. The molecule has 1 heterocycles. The van der Waals surface area contributed by atoms with Crippen LogP contribution in [-0.2, 0) is 11.3 Å². The Balaban J connectivity index is 2.07. The van der Waals surface area contributed by atoms with Crippen LogP contribution >= 0.6 is 11.6 Å². The molecule has 0 spiro atoms. The second kappa shape index (κ2) is 6.24. The molecule has 0 aliphatic rings. The van der Waals surface area contributed by atoms with E-state index in [-0.39, 0.29) is 5.91 Å². The molecule has 1 atom stereocenters. The molecule has 0 aliphatic heterocycles. The molecular formula is C14H18ClN5O. The molecule has 21 heavy (non-hydrogen) atoms. The first-order valence-corrected chi connectivity index (χ1v) is 7.04. The number of primary amides is 1. The largest absolute Gasteiger partial charge is 0.368 e. The van der Waals surface area contributed by atoms with E-state index in [1.54, 1.807) is 29.9 Å². The normalized spacial score (nSPS) is 13.9. The molecule has 2 rings (SSSR count). The first-order chi connectivity index (χ1) is 9.94. The summed E-state index contributed by atoms with van der Waals surface area (Å²) in [5.41, 5.74) is 6.25. The number of aromatic nitrogens is 3. The van der Waals surface area contributed by atoms with Gasteiger partial charge in [0.2, 0.25) is 5.91 Å². The number of nitrogens with zero attached hydrogens (tertiary/aromatic N) is 3. The Morgan fingerprint density at radius 3 is 2.67 bits per heavy atom. The molecule has 7 heteroatoms. The molecule has 1 aromatic heterocycles. The molecule has 1 aromatic carbocycles. The number of nitrogens with two attached hydrogens (primary N) is 1. The molecule has 0 aliphatic carbocycles. The quantitative estimate of drug-likeness (QED) is 0.850. The number of halogens is 1. The van der Waals surface area contributed by atoms with E-state index in [1.807, 2.05) is 19.1 Å². The van der Waals surface area contributed by atoms with Crippen molar-refractivity contribution in [2.45, 2.75) is 32.4 Å². The van der Waals surface area contributed by atoms with Crippen LogP contribution in [0.15, 0.2) is 30.5 Å². The monoisotopic (exact) mass is 307 g/mol. The summed E-state index contributed by atoms with van der Waals surface area (Å²) in [4.78, 5) is 11.4. The van der Waals surface area contributed by atoms with Gasteiger partial charge in [-0.1, -0.05) is 23.7 Å². The summed E-state index contributed by atoms with van der Waals surface area (Å²) in [5.74, 6) is -0.380. The highest BCUT2D eigenvalue weighted by Crippen LogP contribution is 2.13. The molecular weight excluding hydrogens is 290 g/mol. The van der Waals surface area contributed by atoms with Crippen LogP contribution in [0.25, 0.3) is 5.69 Å². The van der Waals surface area contributed by atoms with Crippen molar-refractivity contribution in [2.24, 2.45) is 5.73 Å². The van der Waals surface area contributed by atoms with Gasteiger partial charge in [-0.05, 0) is 37.6 Å². The van der Waals surface area contributed by atoms with E-state index < -0.39 is 5.54 Å². The van der Waals surface area contributed by atoms with Crippen LogP contribution in [0, 0.1) is 0 Å². The maximum absolute atomic E-state index is 11.4. The SMILES string of the molecule is CC[C@@](C)(NCc1cn(-c2ccc(Cl)cc2)nn1)C(N)=O. The zero-order valence-electron chi connectivity index (χ0n) is 12.0. The lowest BCUT2D eigenvalue weighted by Gasteiger charge is -2.25. The van der Waals surface area contributed by atoms with Gasteiger partial charge in [0.15, 0.2) is 0 Å². The van der Waals surface area contributed by atoms with Gasteiger partial charge >= 0.3 is 0 Å². The van der Waals surface area contributed by atoms with E-state index in [4.69, 9.17) is 17.3 Å². The fourth-order valence-electron chi connectivity index (χ4n) is 1.77. The standard InChI is InChI=1S/C14H18ClN5O/c1-3-14(2,13(16)21)17-8-11-9-20(19-18-11)12-6-4-10(15)5-7-12/h4-7,9,17H,3,8H2,1-2H3,(H2,16,21)/t14-/m1/s1. The number of hydrogen-bond donors (Lipinski definition) is 2. The fraction of sp³-hybridized carbons (Fsp3) is 0.357. The number of benzene rings is 1. The maximum Gasteiger partial charge on any atom is 0.237 e. The highest BCUT2D eigenvalue weighted by Gasteiger charge is 2.28. The smallest absolute Gasteiger partial charge is 0.237 e. The highest BCUT2D eigenvalue weighted by atomic mass is 35.5. The van der Waals surface area contributed by atoms with Gasteiger partial charge in [0.1, 0.15) is 0 Å². The number of nitrogens with one attached hydrogen (secondary N) is 1. The molecule has 0 bridgehead atoms. The second-order valence-corrected chi connectivity index (χ2v) is 5.47. The fourth-order valence-corrected chi connectivity index (χ4v) is 1.90. The molecule has 2 aromatic rings. The molecule has 6 nitrogen and oxygen atoms in total. The van der Waals surface area contributed by atoms with Gasteiger partial charge in [0.25, 0.3) is 0 Å². The Bertz CT molecular complexity index is 625. The van der Waals surface area contributed by atoms with Crippen LogP contribution in [-0.4, -0.2) is 26.4 Å². The van der Waals surface area contributed by atoms with Crippen LogP contribution < -0.4 is 11.1 Å². The summed E-state index contributed by atoms with van der Waals surface area (Å²) in [6, 6.07) is 7.29. The molecule has 3 N–H and O–H groups in total. The van der Waals surface area contributed by atoms with E-state index >= 15 is 0 Å². The molecule has 0 saturated carbocycles. The summed E-state index contributed by atoms with van der Waals surface area (Å²) < 4.78 is 1.65. The highest BCUT2D eigenvalue weighted by molar-refractivity contribution is 6.30. The Morgan fingerprint density at radius 1 is 1.43 bits per heavy atom. The van der Waals surface area contributed by atoms with Gasteiger partial charge in [-0.3, -0.25) is 10.1 Å². The average molecular weight is 308 g/mol. The van der Waals surface area contributed by atoms with Gasteiger partial charge in [0.05, 0.1) is 23.1 Å². The molecule has 0 fully saturated rings. The predicted octanol–water partition coefficient (Wildman–Crippen LogP) is 1.66.